The van der Waals surface area contributed by atoms with Crippen LogP contribution in [0.1, 0.15) is 33.5 Å². The highest BCUT2D eigenvalue weighted by atomic mass is 35.5. The van der Waals surface area contributed by atoms with E-state index in [0.29, 0.717) is 27.7 Å². The molecule has 7 heteroatoms. The summed E-state index contributed by atoms with van der Waals surface area (Å²) in [7, 11) is 0. The van der Waals surface area contributed by atoms with Gasteiger partial charge in [0, 0.05) is 16.9 Å². The summed E-state index contributed by atoms with van der Waals surface area (Å²) in [4.78, 5) is 32.6. The number of nitrogens with one attached hydrogen (secondary N) is 2. The Bertz CT molecular complexity index is 1020. The van der Waals surface area contributed by atoms with Crippen molar-refractivity contribution in [3.8, 4) is 0 Å². The van der Waals surface area contributed by atoms with Gasteiger partial charge in [-0.2, -0.15) is 0 Å². The Morgan fingerprint density at radius 3 is 2.52 bits per heavy atom. The summed E-state index contributed by atoms with van der Waals surface area (Å²) >= 11 is 6.08. The second kappa shape index (κ2) is 7.97. The Balaban J connectivity index is 1.84. The molecule has 3 aromatic rings. The van der Waals surface area contributed by atoms with E-state index in [1.165, 1.54) is 6.92 Å². The van der Waals surface area contributed by atoms with Gasteiger partial charge >= 0.3 is 0 Å². The maximum Gasteiger partial charge on any atom is 0.274 e. The van der Waals surface area contributed by atoms with Crippen LogP contribution in [0.25, 0.3) is 0 Å². The largest absolute Gasteiger partial charge is 0.324 e. The number of carbonyl (C=O) groups excluding carboxylic acids is 2. The molecule has 27 heavy (non-hydrogen) atoms. The van der Waals surface area contributed by atoms with E-state index < -0.39 is 5.91 Å². The third kappa shape index (κ3) is 4.68. The molecule has 0 bridgehead atoms. The van der Waals surface area contributed by atoms with Crippen molar-refractivity contribution in [3.63, 3.8) is 0 Å². The number of aromatic nitrogens is 2. The maximum absolute atomic E-state index is 12.5. The summed E-state index contributed by atoms with van der Waals surface area (Å²) in [6.07, 6.45) is 0. The van der Waals surface area contributed by atoms with E-state index in [0.717, 1.165) is 0 Å². The number of benzene rings is 2. The molecule has 1 heterocycles. The molecular formula is C20H17ClN4O2. The van der Waals surface area contributed by atoms with E-state index in [2.05, 4.69) is 20.6 Å². The second-order valence-corrected chi connectivity index (χ2v) is 6.32. The summed E-state index contributed by atoms with van der Waals surface area (Å²) in [5, 5.41) is 6.21. The van der Waals surface area contributed by atoms with E-state index in [9.17, 15) is 9.59 Å². The summed E-state index contributed by atoms with van der Waals surface area (Å²) in [6, 6.07) is 15.5. The van der Waals surface area contributed by atoms with Crippen molar-refractivity contribution in [2.45, 2.75) is 13.8 Å². The molecule has 3 rings (SSSR count). The van der Waals surface area contributed by atoms with Crippen LogP contribution < -0.4 is 10.6 Å². The van der Waals surface area contributed by atoms with E-state index in [4.69, 9.17) is 11.6 Å². The van der Waals surface area contributed by atoms with Gasteiger partial charge in [0.25, 0.3) is 5.91 Å². The van der Waals surface area contributed by atoms with Gasteiger partial charge in [0.15, 0.2) is 5.78 Å². The number of amides is 1. The standard InChI is InChI=1S/C20H17ClN4O2/c1-12-10-18(19(27)24-17-9-4-3-8-16(17)21)25-20(22-12)23-15-7-5-6-14(11-15)13(2)26/h3-11H,1-2H3,(H,24,27)(H,22,23,25). The highest BCUT2D eigenvalue weighted by Crippen LogP contribution is 2.21. The fourth-order valence-corrected chi connectivity index (χ4v) is 2.62. The van der Waals surface area contributed by atoms with Crippen molar-refractivity contribution in [3.05, 3.63) is 76.6 Å². The maximum atomic E-state index is 12.5. The van der Waals surface area contributed by atoms with Crippen LogP contribution in [-0.2, 0) is 0 Å². The monoisotopic (exact) mass is 380 g/mol. The van der Waals surface area contributed by atoms with Gasteiger partial charge in [0.2, 0.25) is 5.95 Å². The van der Waals surface area contributed by atoms with Gasteiger partial charge < -0.3 is 10.6 Å². The summed E-state index contributed by atoms with van der Waals surface area (Å²) in [5.74, 6) is -0.169. The zero-order valence-electron chi connectivity index (χ0n) is 14.8. The molecular weight excluding hydrogens is 364 g/mol. The van der Waals surface area contributed by atoms with Crippen LogP contribution in [0.5, 0.6) is 0 Å². The van der Waals surface area contributed by atoms with Crippen molar-refractivity contribution in [2.24, 2.45) is 0 Å². The molecule has 0 fully saturated rings. The molecule has 1 amide bonds. The molecule has 1 aromatic heterocycles. The molecule has 0 atom stereocenters. The average Bonchev–Trinajstić information content (AvgIpc) is 2.63. The lowest BCUT2D eigenvalue weighted by atomic mass is 10.1. The summed E-state index contributed by atoms with van der Waals surface area (Å²) < 4.78 is 0. The smallest absolute Gasteiger partial charge is 0.274 e. The zero-order valence-corrected chi connectivity index (χ0v) is 15.5. The van der Waals surface area contributed by atoms with Gasteiger partial charge in [-0.25, -0.2) is 9.97 Å². The van der Waals surface area contributed by atoms with Crippen molar-refractivity contribution in [1.82, 2.24) is 9.97 Å². The Morgan fingerprint density at radius 2 is 1.78 bits per heavy atom. The number of anilines is 3. The molecule has 2 aromatic carbocycles. The number of nitrogens with zero attached hydrogens (tertiary/aromatic N) is 2. The Labute approximate surface area is 161 Å². The lowest BCUT2D eigenvalue weighted by Crippen LogP contribution is -2.15. The number of Topliss-reactive ketones (excluding diaryl/α,β-unsaturated/α-hetero) is 1. The predicted molar refractivity (Wildman–Crippen MR) is 106 cm³/mol. The molecule has 2 N–H and O–H groups in total. The van der Waals surface area contributed by atoms with E-state index in [1.54, 1.807) is 61.5 Å². The minimum absolute atomic E-state index is 0.0383. The van der Waals surface area contributed by atoms with Gasteiger partial charge in [-0.3, -0.25) is 9.59 Å². The second-order valence-electron chi connectivity index (χ2n) is 5.91. The lowest BCUT2D eigenvalue weighted by molar-refractivity contribution is 0.101. The van der Waals surface area contributed by atoms with Crippen molar-refractivity contribution >= 4 is 40.6 Å². The topological polar surface area (TPSA) is 84.0 Å². The first kappa shape index (κ1) is 18.5. The number of hydrogen-bond donors (Lipinski definition) is 2. The third-order valence-corrected chi connectivity index (χ3v) is 4.06. The number of hydrogen-bond acceptors (Lipinski definition) is 5. The highest BCUT2D eigenvalue weighted by molar-refractivity contribution is 6.33. The molecule has 0 saturated heterocycles. The number of ketones is 1. The van der Waals surface area contributed by atoms with Crippen molar-refractivity contribution in [1.29, 1.82) is 0 Å². The van der Waals surface area contributed by atoms with Gasteiger partial charge in [-0.05, 0) is 44.2 Å². The number of para-hydroxylation sites is 1. The summed E-state index contributed by atoms with van der Waals surface area (Å²) in [6.45, 7) is 3.27. The normalized spacial score (nSPS) is 10.3. The van der Waals surface area contributed by atoms with Crippen molar-refractivity contribution in [2.75, 3.05) is 10.6 Å². The lowest BCUT2D eigenvalue weighted by Gasteiger charge is -2.10. The molecule has 0 unspecified atom stereocenters. The fourth-order valence-electron chi connectivity index (χ4n) is 2.43. The van der Waals surface area contributed by atoms with Gasteiger partial charge in [0.1, 0.15) is 5.69 Å². The van der Waals surface area contributed by atoms with Gasteiger partial charge in [0.05, 0.1) is 10.7 Å². The SMILES string of the molecule is CC(=O)c1cccc(Nc2nc(C)cc(C(=O)Nc3ccccc3Cl)n2)c1. The first-order valence-electron chi connectivity index (χ1n) is 8.22. The molecule has 136 valence electrons. The third-order valence-electron chi connectivity index (χ3n) is 3.73. The molecule has 0 aliphatic rings. The Morgan fingerprint density at radius 1 is 1.00 bits per heavy atom. The Kier molecular flexibility index (Phi) is 5.47. The predicted octanol–water partition coefficient (Wildman–Crippen LogP) is 4.64. The molecule has 0 aliphatic heterocycles. The summed E-state index contributed by atoms with van der Waals surface area (Å²) in [5.41, 5.74) is 2.56. The fraction of sp³-hybridized carbons (Fsp3) is 0.100. The van der Waals surface area contributed by atoms with Crippen LogP contribution >= 0.6 is 11.6 Å². The molecule has 0 radical (unpaired) electrons. The minimum Gasteiger partial charge on any atom is -0.324 e. The van der Waals surface area contributed by atoms with Crippen LogP contribution in [0.3, 0.4) is 0 Å². The number of halogens is 1. The van der Waals surface area contributed by atoms with E-state index in [1.807, 2.05) is 0 Å². The highest BCUT2D eigenvalue weighted by Gasteiger charge is 2.13. The molecule has 0 saturated carbocycles. The number of carbonyl (C=O) groups is 2. The van der Waals surface area contributed by atoms with Crippen LogP contribution in [0.15, 0.2) is 54.6 Å². The van der Waals surface area contributed by atoms with Crippen LogP contribution in [0, 0.1) is 6.92 Å². The first-order valence-corrected chi connectivity index (χ1v) is 8.60. The van der Waals surface area contributed by atoms with Crippen molar-refractivity contribution < 1.29 is 9.59 Å². The average molecular weight is 381 g/mol. The number of rotatable bonds is 5. The Hall–Kier alpha value is -3.25. The molecule has 6 nitrogen and oxygen atoms in total. The molecule has 0 aliphatic carbocycles. The van der Waals surface area contributed by atoms with E-state index in [-0.39, 0.29) is 17.4 Å². The minimum atomic E-state index is -0.394. The van der Waals surface area contributed by atoms with Crippen LogP contribution in [-0.4, -0.2) is 21.7 Å². The van der Waals surface area contributed by atoms with E-state index >= 15 is 0 Å². The van der Waals surface area contributed by atoms with Crippen LogP contribution in [0.2, 0.25) is 5.02 Å². The first-order chi connectivity index (χ1) is 12.9. The number of aryl methyl sites for hydroxylation is 1. The quantitative estimate of drug-likeness (QED) is 0.630. The molecule has 0 spiro atoms. The zero-order chi connectivity index (χ0) is 19.4. The van der Waals surface area contributed by atoms with Crippen LogP contribution in [0.4, 0.5) is 17.3 Å². The van der Waals surface area contributed by atoms with Gasteiger partial charge in [-0.15, -0.1) is 0 Å². The van der Waals surface area contributed by atoms with Gasteiger partial charge in [-0.1, -0.05) is 35.9 Å².